The fourth-order valence-corrected chi connectivity index (χ4v) is 1.71. The first-order valence-corrected chi connectivity index (χ1v) is 6.01. The molecule has 0 heterocycles. The molecular weight excluding hydrogens is 246 g/mol. The van der Waals surface area contributed by atoms with Crippen LogP contribution in [0.15, 0.2) is 18.2 Å². The fourth-order valence-electron chi connectivity index (χ4n) is 1.71. The Morgan fingerprint density at radius 1 is 1.32 bits per heavy atom. The van der Waals surface area contributed by atoms with Crippen LogP contribution in [-0.4, -0.2) is 49.0 Å². The Hall–Kier alpha value is -1.70. The van der Waals surface area contributed by atoms with Crippen LogP contribution in [0.2, 0.25) is 0 Å². The minimum absolute atomic E-state index is 0.000935. The van der Waals surface area contributed by atoms with E-state index in [1.807, 2.05) is 27.2 Å². The molecule has 0 spiro atoms. The number of nitro groups is 1. The third kappa shape index (κ3) is 4.82. The van der Waals surface area contributed by atoms with Crippen molar-refractivity contribution in [1.29, 1.82) is 0 Å². The van der Waals surface area contributed by atoms with Gasteiger partial charge in [0.15, 0.2) is 0 Å². The first-order valence-electron chi connectivity index (χ1n) is 6.01. The number of rotatable bonds is 7. The summed E-state index contributed by atoms with van der Waals surface area (Å²) in [5, 5.41) is 10.9. The lowest BCUT2D eigenvalue weighted by Crippen LogP contribution is -2.28. The molecule has 1 rings (SSSR count). The average Bonchev–Trinajstić information content (AvgIpc) is 2.36. The summed E-state index contributed by atoms with van der Waals surface area (Å²) in [5.41, 5.74) is 3.56. The predicted molar refractivity (Wildman–Crippen MR) is 75.8 cm³/mol. The zero-order valence-corrected chi connectivity index (χ0v) is 11.6. The second-order valence-electron chi connectivity index (χ2n) is 4.79. The van der Waals surface area contributed by atoms with E-state index in [1.165, 1.54) is 0 Å². The number of likely N-dealkylation sites (N-methyl/N-ethyl adjacent to an activating group) is 2. The molecule has 0 aliphatic rings. The summed E-state index contributed by atoms with van der Waals surface area (Å²) in [6.07, 6.45) is 0. The number of nitro benzene ring substituents is 1. The molecule has 19 heavy (non-hydrogen) atoms. The Kier molecular flexibility index (Phi) is 5.68. The molecule has 0 aromatic heterocycles. The predicted octanol–water partition coefficient (Wildman–Crippen LogP) is 0.874. The Labute approximate surface area is 113 Å². The number of hydrogen-bond donors (Lipinski definition) is 2. The van der Waals surface area contributed by atoms with E-state index < -0.39 is 4.92 Å². The van der Waals surface area contributed by atoms with Gasteiger partial charge in [-0.1, -0.05) is 6.07 Å². The van der Waals surface area contributed by atoms with Gasteiger partial charge in [0.1, 0.15) is 5.69 Å². The van der Waals surface area contributed by atoms with Gasteiger partial charge in [-0.05, 0) is 32.8 Å². The lowest BCUT2D eigenvalue weighted by atomic mass is 10.1. The van der Waals surface area contributed by atoms with Crippen LogP contribution in [0.25, 0.3) is 0 Å². The van der Waals surface area contributed by atoms with E-state index in [-0.39, 0.29) is 5.69 Å². The molecule has 0 saturated carbocycles. The van der Waals surface area contributed by atoms with Gasteiger partial charge in [-0.2, -0.15) is 0 Å². The summed E-state index contributed by atoms with van der Waals surface area (Å²) in [7, 11) is 6.02. The second-order valence-corrected chi connectivity index (χ2v) is 4.79. The number of nitrogens with zero attached hydrogens (tertiary/aromatic N) is 3. The third-order valence-electron chi connectivity index (χ3n) is 2.80. The largest absolute Gasteiger partial charge is 0.318 e. The first-order chi connectivity index (χ1) is 8.93. The topological polar surface area (TPSA) is 87.7 Å². The van der Waals surface area contributed by atoms with Gasteiger partial charge in [0.05, 0.1) is 4.92 Å². The summed E-state index contributed by atoms with van der Waals surface area (Å²) < 4.78 is 0. The number of benzene rings is 1. The molecule has 0 radical (unpaired) electrons. The Balaban J connectivity index is 2.74. The van der Waals surface area contributed by atoms with Crippen LogP contribution in [0.5, 0.6) is 0 Å². The van der Waals surface area contributed by atoms with E-state index in [2.05, 4.69) is 15.2 Å². The molecule has 106 valence electrons. The highest BCUT2D eigenvalue weighted by molar-refractivity contribution is 5.61. The van der Waals surface area contributed by atoms with Gasteiger partial charge >= 0.3 is 0 Å². The molecule has 0 amide bonds. The van der Waals surface area contributed by atoms with Crippen molar-refractivity contribution in [2.45, 2.75) is 6.54 Å². The SMILES string of the molecule is CN(C)CCN(C)Cc1ccc(NN)c([N+](=O)[O-])c1. The number of hydrogen-bond acceptors (Lipinski definition) is 6. The van der Waals surface area contributed by atoms with Crippen molar-refractivity contribution in [2.24, 2.45) is 5.84 Å². The number of nitrogens with two attached hydrogens (primary N) is 1. The van der Waals surface area contributed by atoms with Crippen molar-refractivity contribution in [3.63, 3.8) is 0 Å². The molecule has 0 unspecified atom stereocenters. The van der Waals surface area contributed by atoms with Crippen molar-refractivity contribution >= 4 is 11.4 Å². The lowest BCUT2D eigenvalue weighted by Gasteiger charge is -2.19. The molecule has 1 aromatic rings. The molecule has 0 aliphatic carbocycles. The van der Waals surface area contributed by atoms with Crippen molar-refractivity contribution in [3.05, 3.63) is 33.9 Å². The van der Waals surface area contributed by atoms with E-state index in [0.717, 1.165) is 18.7 Å². The van der Waals surface area contributed by atoms with Crippen LogP contribution in [0.3, 0.4) is 0 Å². The van der Waals surface area contributed by atoms with Gasteiger partial charge < -0.3 is 15.2 Å². The van der Waals surface area contributed by atoms with E-state index in [1.54, 1.807) is 12.1 Å². The molecule has 0 fully saturated rings. The van der Waals surface area contributed by atoms with Gasteiger partial charge in [0.25, 0.3) is 5.69 Å². The summed E-state index contributed by atoms with van der Waals surface area (Å²) in [4.78, 5) is 14.7. The average molecular weight is 267 g/mol. The molecule has 0 bridgehead atoms. The fraction of sp³-hybridized carbons (Fsp3) is 0.500. The second kappa shape index (κ2) is 7.03. The van der Waals surface area contributed by atoms with Crippen molar-refractivity contribution in [2.75, 3.05) is 39.7 Å². The molecule has 0 saturated heterocycles. The Bertz CT molecular complexity index is 436. The maximum absolute atomic E-state index is 10.9. The standard InChI is InChI=1S/C12H21N5O2/c1-15(2)6-7-16(3)9-10-4-5-11(14-13)12(8-10)17(18)19/h4-5,8,14H,6-7,9,13H2,1-3H3. The normalized spacial score (nSPS) is 11.1. The Morgan fingerprint density at radius 3 is 2.53 bits per heavy atom. The van der Waals surface area contributed by atoms with Crippen molar-refractivity contribution in [3.8, 4) is 0 Å². The lowest BCUT2D eigenvalue weighted by molar-refractivity contribution is -0.384. The molecule has 0 aliphatic heterocycles. The van der Waals surface area contributed by atoms with E-state index in [4.69, 9.17) is 5.84 Å². The van der Waals surface area contributed by atoms with Crippen LogP contribution < -0.4 is 11.3 Å². The molecule has 7 heteroatoms. The van der Waals surface area contributed by atoms with Crippen molar-refractivity contribution < 1.29 is 4.92 Å². The van der Waals surface area contributed by atoms with Gasteiger partial charge in [-0.25, -0.2) is 0 Å². The number of nitrogen functional groups attached to an aromatic ring is 1. The van der Waals surface area contributed by atoms with Gasteiger partial charge in [-0.15, -0.1) is 0 Å². The van der Waals surface area contributed by atoms with E-state index >= 15 is 0 Å². The number of nitrogens with one attached hydrogen (secondary N) is 1. The zero-order valence-electron chi connectivity index (χ0n) is 11.6. The third-order valence-corrected chi connectivity index (χ3v) is 2.80. The first kappa shape index (κ1) is 15.4. The van der Waals surface area contributed by atoms with Gasteiger partial charge in [-0.3, -0.25) is 16.0 Å². The maximum atomic E-state index is 10.9. The molecule has 1 aromatic carbocycles. The quantitative estimate of drug-likeness (QED) is 0.433. The smallest absolute Gasteiger partial charge is 0.293 e. The summed E-state index contributed by atoms with van der Waals surface area (Å²) in [5.74, 6) is 5.25. The van der Waals surface area contributed by atoms with Crippen LogP contribution in [0.4, 0.5) is 11.4 Å². The monoisotopic (exact) mass is 267 g/mol. The minimum atomic E-state index is -0.432. The highest BCUT2D eigenvalue weighted by atomic mass is 16.6. The van der Waals surface area contributed by atoms with Crippen LogP contribution in [0.1, 0.15) is 5.56 Å². The van der Waals surface area contributed by atoms with Crippen LogP contribution in [0, 0.1) is 10.1 Å². The minimum Gasteiger partial charge on any atom is -0.318 e. The van der Waals surface area contributed by atoms with Crippen LogP contribution in [-0.2, 0) is 6.54 Å². The molecule has 7 nitrogen and oxygen atoms in total. The number of hydrazine groups is 1. The van der Waals surface area contributed by atoms with Crippen molar-refractivity contribution in [1.82, 2.24) is 9.80 Å². The summed E-state index contributed by atoms with van der Waals surface area (Å²) in [6.45, 7) is 2.51. The highest BCUT2D eigenvalue weighted by Crippen LogP contribution is 2.24. The zero-order chi connectivity index (χ0) is 14.4. The van der Waals surface area contributed by atoms with Gasteiger partial charge in [0, 0.05) is 25.7 Å². The summed E-state index contributed by atoms with van der Waals surface area (Å²) in [6, 6.07) is 5.03. The van der Waals surface area contributed by atoms with Crippen LogP contribution >= 0.6 is 0 Å². The van der Waals surface area contributed by atoms with E-state index in [0.29, 0.717) is 12.2 Å². The summed E-state index contributed by atoms with van der Waals surface area (Å²) >= 11 is 0. The van der Waals surface area contributed by atoms with Gasteiger partial charge in [0.2, 0.25) is 0 Å². The molecule has 3 N–H and O–H groups in total. The Morgan fingerprint density at radius 2 is 2.00 bits per heavy atom. The maximum Gasteiger partial charge on any atom is 0.293 e. The molecule has 0 atom stereocenters. The highest BCUT2D eigenvalue weighted by Gasteiger charge is 2.14. The molecular formula is C12H21N5O2. The van der Waals surface area contributed by atoms with E-state index in [9.17, 15) is 10.1 Å². The number of anilines is 1.